The van der Waals surface area contributed by atoms with Gasteiger partial charge in [-0.15, -0.1) is 22.7 Å². The first-order valence-electron chi connectivity index (χ1n) is 10.2. The highest BCUT2D eigenvalue weighted by molar-refractivity contribution is 7.23. The number of nitrogens with one attached hydrogen (secondary N) is 1. The third-order valence-corrected chi connectivity index (χ3v) is 6.90. The van der Waals surface area contributed by atoms with Gasteiger partial charge in [0, 0.05) is 18.7 Å². The van der Waals surface area contributed by atoms with Crippen LogP contribution in [0.15, 0.2) is 58.7 Å². The number of nitrogens with zero attached hydrogens (tertiary/aromatic N) is 3. The smallest absolute Gasteiger partial charge is 0.266 e. The maximum atomic E-state index is 12.3. The van der Waals surface area contributed by atoms with E-state index in [9.17, 15) is 9.59 Å². The number of amides is 1. The summed E-state index contributed by atoms with van der Waals surface area (Å²) in [6, 6.07) is 14.2. The van der Waals surface area contributed by atoms with Gasteiger partial charge in [-0.3, -0.25) is 9.59 Å². The largest absolute Gasteiger partial charge is 0.497 e. The van der Waals surface area contributed by atoms with E-state index in [1.165, 1.54) is 10.7 Å². The Balaban J connectivity index is 1.36. The molecule has 1 N–H and O–H groups in total. The number of aromatic nitrogens is 3. The number of rotatable bonds is 9. The van der Waals surface area contributed by atoms with E-state index in [1.54, 1.807) is 60.1 Å². The Morgan fingerprint density at radius 1 is 1.15 bits per heavy atom. The summed E-state index contributed by atoms with van der Waals surface area (Å²) < 4.78 is 12.0. The minimum absolute atomic E-state index is 0.138. The van der Waals surface area contributed by atoms with E-state index < -0.39 is 0 Å². The lowest BCUT2D eigenvalue weighted by atomic mass is 10.3. The molecule has 1 aromatic carbocycles. The first kappa shape index (κ1) is 22.7. The molecule has 0 bridgehead atoms. The fourth-order valence-corrected chi connectivity index (χ4v) is 4.89. The molecule has 10 heteroatoms. The van der Waals surface area contributed by atoms with Gasteiger partial charge < -0.3 is 14.8 Å². The van der Waals surface area contributed by atoms with Gasteiger partial charge in [0.05, 0.1) is 29.1 Å². The van der Waals surface area contributed by atoms with E-state index in [4.69, 9.17) is 9.47 Å². The van der Waals surface area contributed by atoms with Crippen LogP contribution in [0.5, 0.6) is 11.5 Å². The van der Waals surface area contributed by atoms with E-state index in [0.29, 0.717) is 17.2 Å². The minimum atomic E-state index is -0.291. The van der Waals surface area contributed by atoms with Gasteiger partial charge in [-0.1, -0.05) is 12.1 Å². The number of aryl methyl sites for hydroxylation is 1. The highest BCUT2D eigenvalue weighted by Crippen LogP contribution is 2.35. The third-order valence-electron chi connectivity index (χ3n) is 4.68. The molecule has 0 aliphatic rings. The number of methoxy groups -OCH3 is 1. The zero-order valence-corrected chi connectivity index (χ0v) is 19.7. The summed E-state index contributed by atoms with van der Waals surface area (Å²) >= 11 is 3.18. The van der Waals surface area contributed by atoms with E-state index in [-0.39, 0.29) is 31.2 Å². The third kappa shape index (κ3) is 5.65. The SMILES string of the molecule is COc1cccc(OCC(=O)NCCn2nc(-c3sc(-c4cccs4)nc3C)ccc2=O)c1. The van der Waals surface area contributed by atoms with Gasteiger partial charge in [-0.05, 0) is 36.6 Å². The summed E-state index contributed by atoms with van der Waals surface area (Å²) in [5, 5.41) is 10.2. The fourth-order valence-electron chi connectivity index (χ4n) is 3.06. The molecule has 0 atom stereocenters. The molecule has 0 unspecified atom stereocenters. The van der Waals surface area contributed by atoms with Crippen molar-refractivity contribution in [1.29, 1.82) is 0 Å². The van der Waals surface area contributed by atoms with E-state index in [0.717, 1.165) is 20.5 Å². The van der Waals surface area contributed by atoms with E-state index in [1.807, 2.05) is 24.4 Å². The summed E-state index contributed by atoms with van der Waals surface area (Å²) in [5.41, 5.74) is 1.31. The number of carbonyl (C=O) groups excluding carboxylic acids is 1. The van der Waals surface area contributed by atoms with E-state index >= 15 is 0 Å². The Kier molecular flexibility index (Phi) is 7.16. The number of ether oxygens (including phenoxy) is 2. The van der Waals surface area contributed by atoms with Crippen molar-refractivity contribution in [2.45, 2.75) is 13.5 Å². The van der Waals surface area contributed by atoms with Crippen molar-refractivity contribution < 1.29 is 14.3 Å². The van der Waals surface area contributed by atoms with Crippen LogP contribution in [0.3, 0.4) is 0 Å². The number of thiophene rings is 1. The lowest BCUT2D eigenvalue weighted by Crippen LogP contribution is -2.34. The van der Waals surface area contributed by atoms with Crippen LogP contribution in [-0.4, -0.2) is 40.9 Å². The van der Waals surface area contributed by atoms with Gasteiger partial charge >= 0.3 is 0 Å². The van der Waals surface area contributed by atoms with Crippen LogP contribution in [0.1, 0.15) is 5.69 Å². The van der Waals surface area contributed by atoms with Gasteiger partial charge in [-0.25, -0.2) is 9.67 Å². The quantitative estimate of drug-likeness (QED) is 0.392. The molecule has 0 radical (unpaired) electrons. The number of hydrogen-bond acceptors (Lipinski definition) is 8. The normalized spacial score (nSPS) is 10.7. The highest BCUT2D eigenvalue weighted by Gasteiger charge is 2.14. The number of thiazole rings is 1. The first-order chi connectivity index (χ1) is 16.0. The Hall–Kier alpha value is -3.50. The van der Waals surface area contributed by atoms with Crippen molar-refractivity contribution in [3.05, 3.63) is 70.0 Å². The van der Waals surface area contributed by atoms with Crippen LogP contribution in [0.4, 0.5) is 0 Å². The van der Waals surface area contributed by atoms with Crippen LogP contribution in [0.2, 0.25) is 0 Å². The molecule has 0 aliphatic carbocycles. The van der Waals surface area contributed by atoms with Crippen molar-refractivity contribution in [2.75, 3.05) is 20.3 Å². The van der Waals surface area contributed by atoms with Crippen molar-refractivity contribution in [3.8, 4) is 32.0 Å². The summed E-state index contributed by atoms with van der Waals surface area (Å²) in [4.78, 5) is 31.0. The molecule has 0 aliphatic heterocycles. The molecule has 0 fully saturated rings. The second-order valence-corrected chi connectivity index (χ2v) is 8.96. The average Bonchev–Trinajstić information content (AvgIpc) is 3.49. The molecule has 1 amide bonds. The molecule has 170 valence electrons. The predicted octanol–water partition coefficient (Wildman–Crippen LogP) is 3.61. The van der Waals surface area contributed by atoms with Crippen LogP contribution >= 0.6 is 22.7 Å². The molecule has 0 spiro atoms. The van der Waals surface area contributed by atoms with Gasteiger partial charge in [0.15, 0.2) is 6.61 Å². The number of carbonyl (C=O) groups is 1. The lowest BCUT2D eigenvalue weighted by Gasteiger charge is -2.10. The Morgan fingerprint density at radius 2 is 2.00 bits per heavy atom. The van der Waals surface area contributed by atoms with Crippen molar-refractivity contribution in [2.24, 2.45) is 0 Å². The van der Waals surface area contributed by atoms with Crippen LogP contribution in [-0.2, 0) is 11.3 Å². The summed E-state index contributed by atoms with van der Waals surface area (Å²) in [5.74, 6) is 0.898. The Morgan fingerprint density at radius 3 is 2.79 bits per heavy atom. The maximum absolute atomic E-state index is 12.3. The zero-order valence-electron chi connectivity index (χ0n) is 18.1. The molecule has 8 nitrogen and oxygen atoms in total. The molecule has 3 aromatic heterocycles. The molecular weight excluding hydrogens is 460 g/mol. The topological polar surface area (TPSA) is 95.3 Å². The second-order valence-electron chi connectivity index (χ2n) is 7.01. The predicted molar refractivity (Wildman–Crippen MR) is 129 cm³/mol. The maximum Gasteiger partial charge on any atom is 0.266 e. The van der Waals surface area contributed by atoms with Crippen molar-refractivity contribution in [3.63, 3.8) is 0 Å². The fraction of sp³-hybridized carbons (Fsp3) is 0.217. The van der Waals surface area contributed by atoms with Crippen molar-refractivity contribution in [1.82, 2.24) is 20.1 Å². The highest BCUT2D eigenvalue weighted by atomic mass is 32.1. The van der Waals surface area contributed by atoms with Crippen LogP contribution in [0.25, 0.3) is 20.5 Å². The van der Waals surface area contributed by atoms with E-state index in [2.05, 4.69) is 15.4 Å². The second kappa shape index (κ2) is 10.4. The monoisotopic (exact) mass is 482 g/mol. The van der Waals surface area contributed by atoms with Gasteiger partial charge in [0.1, 0.15) is 22.2 Å². The average molecular weight is 483 g/mol. The first-order valence-corrected chi connectivity index (χ1v) is 11.9. The summed E-state index contributed by atoms with van der Waals surface area (Å²) in [7, 11) is 1.57. The van der Waals surface area contributed by atoms with Gasteiger partial charge in [0.25, 0.3) is 11.5 Å². The Labute approximate surface area is 198 Å². The molecule has 33 heavy (non-hydrogen) atoms. The van der Waals surface area contributed by atoms with Crippen LogP contribution in [0, 0.1) is 6.92 Å². The molecular formula is C23H22N4O4S2. The standard InChI is InChI=1S/C23H22N4O4S2/c1-15-22(33-23(25-15)19-7-4-12-32-19)18-8-9-21(29)27(26-18)11-10-24-20(28)14-31-17-6-3-5-16(13-17)30-2/h3-9,12-13H,10-11,14H2,1-2H3,(H,24,28). The summed E-state index contributed by atoms with van der Waals surface area (Å²) in [6.45, 7) is 2.29. The van der Waals surface area contributed by atoms with Crippen molar-refractivity contribution >= 4 is 28.6 Å². The number of benzene rings is 1. The molecule has 4 aromatic rings. The number of hydrogen-bond donors (Lipinski definition) is 1. The Bertz CT molecular complexity index is 1300. The molecule has 3 heterocycles. The van der Waals surface area contributed by atoms with Crippen LogP contribution < -0.4 is 20.3 Å². The summed E-state index contributed by atoms with van der Waals surface area (Å²) in [6.07, 6.45) is 0. The van der Waals surface area contributed by atoms with Gasteiger partial charge in [-0.2, -0.15) is 5.10 Å². The zero-order chi connectivity index (χ0) is 23.2. The molecule has 0 saturated carbocycles. The lowest BCUT2D eigenvalue weighted by molar-refractivity contribution is -0.123. The molecule has 4 rings (SSSR count). The molecule has 0 saturated heterocycles. The minimum Gasteiger partial charge on any atom is -0.497 e. The van der Waals surface area contributed by atoms with Gasteiger partial charge in [0.2, 0.25) is 0 Å².